The van der Waals surface area contributed by atoms with Gasteiger partial charge >= 0.3 is 0 Å². The Kier molecular flexibility index (Phi) is 6.98. The molecule has 0 aliphatic rings. The summed E-state index contributed by atoms with van der Waals surface area (Å²) in [7, 11) is 0. The summed E-state index contributed by atoms with van der Waals surface area (Å²) in [5.41, 5.74) is 1.62. The van der Waals surface area contributed by atoms with E-state index < -0.39 is 4.92 Å². The van der Waals surface area contributed by atoms with Crippen molar-refractivity contribution in [3.63, 3.8) is 0 Å². The average molecular weight is 479 g/mol. The number of non-ortho nitro benzene ring substituents is 1. The fourth-order valence-corrected chi connectivity index (χ4v) is 4.35. The Bertz CT molecular complexity index is 1330. The highest BCUT2D eigenvalue weighted by atomic mass is 32.1. The van der Waals surface area contributed by atoms with E-state index in [2.05, 4.69) is 9.97 Å². The van der Waals surface area contributed by atoms with Crippen molar-refractivity contribution >= 4 is 38.3 Å². The second-order valence-corrected chi connectivity index (χ2v) is 8.15. The van der Waals surface area contributed by atoms with Gasteiger partial charge in [-0.25, -0.2) is 4.98 Å². The number of benzene rings is 2. The lowest BCUT2D eigenvalue weighted by molar-refractivity contribution is -0.384. The first-order valence-electron chi connectivity index (χ1n) is 10.7. The lowest BCUT2D eigenvalue weighted by Crippen LogP contribution is -2.30. The van der Waals surface area contributed by atoms with Gasteiger partial charge in [0.25, 0.3) is 11.6 Å². The van der Waals surface area contributed by atoms with E-state index in [1.165, 1.54) is 28.4 Å². The number of aromatic nitrogens is 2. The molecule has 0 aliphatic heterocycles. The van der Waals surface area contributed by atoms with Gasteiger partial charge in [0, 0.05) is 23.9 Å². The lowest BCUT2D eigenvalue weighted by atomic mass is 10.1. The molecule has 0 unspecified atom stereocenters. The molecule has 0 spiro atoms. The molecule has 0 bridgehead atoms. The van der Waals surface area contributed by atoms with E-state index in [4.69, 9.17) is 9.47 Å². The third kappa shape index (κ3) is 4.96. The summed E-state index contributed by atoms with van der Waals surface area (Å²) in [5, 5.41) is 11.6. The zero-order valence-electron chi connectivity index (χ0n) is 18.6. The third-order valence-electron chi connectivity index (χ3n) is 4.88. The molecule has 0 fully saturated rings. The van der Waals surface area contributed by atoms with Gasteiger partial charge in [0.15, 0.2) is 16.6 Å². The van der Waals surface area contributed by atoms with Crippen molar-refractivity contribution in [2.45, 2.75) is 20.4 Å². The number of thiazole rings is 1. The van der Waals surface area contributed by atoms with Crippen LogP contribution in [-0.4, -0.2) is 34.0 Å². The molecule has 2 aromatic heterocycles. The van der Waals surface area contributed by atoms with Crippen LogP contribution >= 0.6 is 11.3 Å². The summed E-state index contributed by atoms with van der Waals surface area (Å²) in [6.45, 7) is 4.81. The van der Waals surface area contributed by atoms with Crippen LogP contribution in [-0.2, 0) is 6.54 Å². The van der Waals surface area contributed by atoms with Gasteiger partial charge in [-0.05, 0) is 50.2 Å². The van der Waals surface area contributed by atoms with Crippen LogP contribution in [0.15, 0.2) is 60.8 Å². The van der Waals surface area contributed by atoms with Gasteiger partial charge < -0.3 is 9.47 Å². The highest BCUT2D eigenvalue weighted by molar-refractivity contribution is 7.22. The van der Waals surface area contributed by atoms with Crippen molar-refractivity contribution in [3.8, 4) is 11.5 Å². The number of nitro benzene ring substituents is 1. The first kappa shape index (κ1) is 23.1. The predicted octanol–water partition coefficient (Wildman–Crippen LogP) is 5.24. The van der Waals surface area contributed by atoms with E-state index in [1.54, 1.807) is 36.5 Å². The minimum atomic E-state index is -0.454. The molecule has 1 amide bonds. The van der Waals surface area contributed by atoms with Gasteiger partial charge in [0.1, 0.15) is 0 Å². The Morgan fingerprint density at radius 3 is 2.56 bits per heavy atom. The molecule has 174 valence electrons. The number of anilines is 1. The molecule has 0 aliphatic carbocycles. The number of fused-ring (bicyclic) bond motifs is 1. The van der Waals surface area contributed by atoms with Gasteiger partial charge in [-0.15, -0.1) is 0 Å². The van der Waals surface area contributed by atoms with Gasteiger partial charge in [0.05, 0.1) is 40.6 Å². The maximum atomic E-state index is 13.7. The van der Waals surface area contributed by atoms with Crippen LogP contribution in [0.4, 0.5) is 10.8 Å². The number of hydrogen-bond acceptors (Lipinski definition) is 8. The third-order valence-corrected chi connectivity index (χ3v) is 5.93. The molecular formula is C24H22N4O5S. The van der Waals surface area contributed by atoms with E-state index in [0.29, 0.717) is 51.3 Å². The van der Waals surface area contributed by atoms with Crippen LogP contribution in [0.5, 0.6) is 11.5 Å². The molecule has 9 nitrogen and oxygen atoms in total. The number of amides is 1. The second kappa shape index (κ2) is 10.3. The highest BCUT2D eigenvalue weighted by Crippen LogP contribution is 2.34. The molecule has 0 N–H and O–H groups in total. The number of carbonyl (C=O) groups excluding carboxylic acids is 1. The van der Waals surface area contributed by atoms with Crippen molar-refractivity contribution in [3.05, 3.63) is 82.2 Å². The number of pyridine rings is 1. The number of nitrogens with zero attached hydrogens (tertiary/aromatic N) is 4. The van der Waals surface area contributed by atoms with Crippen molar-refractivity contribution < 1.29 is 19.2 Å². The Balaban J connectivity index is 1.76. The zero-order valence-corrected chi connectivity index (χ0v) is 19.4. The molecule has 2 heterocycles. The van der Waals surface area contributed by atoms with E-state index in [1.807, 2.05) is 26.0 Å². The smallest absolute Gasteiger partial charge is 0.270 e. The van der Waals surface area contributed by atoms with Crippen LogP contribution < -0.4 is 14.4 Å². The molecule has 0 saturated heterocycles. The summed E-state index contributed by atoms with van der Waals surface area (Å²) in [5.74, 6) is 0.737. The fourth-order valence-electron chi connectivity index (χ4n) is 3.35. The standard InChI is InChI=1S/C24H22N4O5S/c1-3-32-20-11-8-16(13-21(20)33-4-2)23(29)27(15-17-7-5-6-12-25-17)24-26-19-10-9-18(28(30)31)14-22(19)34-24/h5-14H,3-4,15H2,1-2H3. The zero-order chi connectivity index (χ0) is 24.1. The van der Waals surface area contributed by atoms with Gasteiger partial charge in [0.2, 0.25) is 0 Å². The highest BCUT2D eigenvalue weighted by Gasteiger charge is 2.24. The molecule has 4 aromatic rings. The van der Waals surface area contributed by atoms with Gasteiger partial charge in [-0.2, -0.15) is 0 Å². The minimum Gasteiger partial charge on any atom is -0.490 e. The minimum absolute atomic E-state index is 0.0295. The summed E-state index contributed by atoms with van der Waals surface area (Å²) in [6.07, 6.45) is 1.66. The summed E-state index contributed by atoms with van der Waals surface area (Å²) < 4.78 is 11.9. The predicted molar refractivity (Wildman–Crippen MR) is 130 cm³/mol. The Hall–Kier alpha value is -4.05. The largest absolute Gasteiger partial charge is 0.490 e. The maximum Gasteiger partial charge on any atom is 0.270 e. The topological polar surface area (TPSA) is 108 Å². The van der Waals surface area contributed by atoms with Crippen molar-refractivity contribution in [2.24, 2.45) is 0 Å². The van der Waals surface area contributed by atoms with E-state index in [0.717, 1.165) is 0 Å². The summed E-state index contributed by atoms with van der Waals surface area (Å²) in [6, 6.07) is 15.0. The van der Waals surface area contributed by atoms with Crippen molar-refractivity contribution in [1.82, 2.24) is 9.97 Å². The molecule has 10 heteroatoms. The normalized spacial score (nSPS) is 10.8. The first-order chi connectivity index (χ1) is 16.5. The number of nitro groups is 1. The average Bonchev–Trinajstić information content (AvgIpc) is 3.27. The molecule has 4 rings (SSSR count). The Morgan fingerprint density at radius 2 is 1.85 bits per heavy atom. The summed E-state index contributed by atoms with van der Waals surface area (Å²) in [4.78, 5) is 34.9. The Labute approximate surface area is 199 Å². The molecular weight excluding hydrogens is 456 g/mol. The monoisotopic (exact) mass is 478 g/mol. The molecule has 2 aromatic carbocycles. The quantitative estimate of drug-likeness (QED) is 0.239. The lowest BCUT2D eigenvalue weighted by Gasteiger charge is -2.20. The van der Waals surface area contributed by atoms with Crippen LogP contribution in [0.2, 0.25) is 0 Å². The summed E-state index contributed by atoms with van der Waals surface area (Å²) >= 11 is 1.21. The molecule has 34 heavy (non-hydrogen) atoms. The molecule has 0 radical (unpaired) electrons. The first-order valence-corrected chi connectivity index (χ1v) is 11.5. The molecule has 0 atom stereocenters. The second-order valence-electron chi connectivity index (χ2n) is 7.15. The molecule has 0 saturated carbocycles. The Morgan fingerprint density at radius 1 is 1.06 bits per heavy atom. The van der Waals surface area contributed by atoms with Crippen LogP contribution in [0, 0.1) is 10.1 Å². The maximum absolute atomic E-state index is 13.7. The van der Waals surface area contributed by atoms with Gasteiger partial charge in [-0.1, -0.05) is 17.4 Å². The number of carbonyl (C=O) groups is 1. The van der Waals surface area contributed by atoms with Crippen molar-refractivity contribution in [1.29, 1.82) is 0 Å². The number of rotatable bonds is 9. The van der Waals surface area contributed by atoms with E-state index in [9.17, 15) is 14.9 Å². The van der Waals surface area contributed by atoms with Crippen molar-refractivity contribution in [2.75, 3.05) is 18.1 Å². The SMILES string of the molecule is CCOc1ccc(C(=O)N(Cc2ccccn2)c2nc3ccc([N+](=O)[O-])cc3s2)cc1OCC. The van der Waals surface area contributed by atoms with E-state index in [-0.39, 0.29) is 18.1 Å². The number of hydrogen-bond donors (Lipinski definition) is 0. The van der Waals surface area contributed by atoms with Gasteiger partial charge in [-0.3, -0.25) is 24.8 Å². The number of ether oxygens (including phenoxy) is 2. The van der Waals surface area contributed by atoms with Crippen LogP contribution in [0.25, 0.3) is 10.2 Å². The van der Waals surface area contributed by atoms with Crippen LogP contribution in [0.3, 0.4) is 0 Å². The van der Waals surface area contributed by atoms with Crippen LogP contribution in [0.1, 0.15) is 29.9 Å². The fraction of sp³-hybridized carbons (Fsp3) is 0.208. The van der Waals surface area contributed by atoms with E-state index >= 15 is 0 Å².